The molecule has 1 aromatic heterocycles. The summed E-state index contributed by atoms with van der Waals surface area (Å²) in [6.07, 6.45) is 3.34. The summed E-state index contributed by atoms with van der Waals surface area (Å²) in [5, 5.41) is 0. The second-order valence-electron chi connectivity index (χ2n) is 1.73. The van der Waals surface area contributed by atoms with Crippen molar-refractivity contribution < 1.29 is 9.47 Å². The molecule has 0 radical (unpaired) electrons. The van der Waals surface area contributed by atoms with Gasteiger partial charge in [-0.15, -0.1) is 0 Å². The van der Waals surface area contributed by atoms with Crippen LogP contribution in [0.25, 0.3) is 0 Å². The molecule has 0 saturated carbocycles. The van der Waals surface area contributed by atoms with E-state index in [2.05, 4.69) is 4.98 Å². The van der Waals surface area contributed by atoms with Crippen LogP contribution < -0.4 is 4.74 Å². The zero-order valence-electron chi connectivity index (χ0n) is 5.78. The van der Waals surface area contributed by atoms with E-state index in [9.17, 15) is 0 Å². The smallest absolute Gasteiger partial charge is 0.188 e. The van der Waals surface area contributed by atoms with Crippen molar-refractivity contribution in [3.8, 4) is 5.75 Å². The fourth-order valence-corrected chi connectivity index (χ4v) is 0.561. The second-order valence-corrected chi connectivity index (χ2v) is 1.73. The molecule has 0 bridgehead atoms. The van der Waals surface area contributed by atoms with Crippen LogP contribution in [0, 0.1) is 0 Å². The lowest BCUT2D eigenvalue weighted by molar-refractivity contribution is 0.0511. The summed E-state index contributed by atoms with van der Waals surface area (Å²) in [5.41, 5.74) is 0. The van der Waals surface area contributed by atoms with E-state index in [-0.39, 0.29) is 6.79 Å². The third-order valence-electron chi connectivity index (χ3n) is 0.993. The molecule has 0 atom stereocenters. The third-order valence-corrected chi connectivity index (χ3v) is 0.993. The fraction of sp³-hybridized carbons (Fsp3) is 0.286. The van der Waals surface area contributed by atoms with Gasteiger partial charge >= 0.3 is 0 Å². The zero-order chi connectivity index (χ0) is 7.23. The number of pyridine rings is 1. The van der Waals surface area contributed by atoms with Crippen LogP contribution in [0.1, 0.15) is 0 Å². The van der Waals surface area contributed by atoms with E-state index in [0.29, 0.717) is 0 Å². The lowest BCUT2D eigenvalue weighted by Gasteiger charge is -2.01. The standard InChI is InChI=1S/C7H9NO2/c1-9-6-10-7-2-4-8-5-3-7/h2-5H,6H2,1H3. The first-order valence-electron chi connectivity index (χ1n) is 2.95. The van der Waals surface area contributed by atoms with Gasteiger partial charge in [0, 0.05) is 19.5 Å². The SMILES string of the molecule is COCOc1ccncc1. The summed E-state index contributed by atoms with van der Waals surface area (Å²) >= 11 is 0. The highest BCUT2D eigenvalue weighted by atomic mass is 16.7. The number of methoxy groups -OCH3 is 1. The molecule has 1 aromatic rings. The molecular weight excluding hydrogens is 130 g/mol. The van der Waals surface area contributed by atoms with Crippen LogP contribution in [0.4, 0.5) is 0 Å². The molecule has 0 N–H and O–H groups in total. The molecule has 1 rings (SSSR count). The summed E-state index contributed by atoms with van der Waals surface area (Å²) < 4.78 is 9.80. The Morgan fingerprint density at radius 3 is 2.70 bits per heavy atom. The lowest BCUT2D eigenvalue weighted by Crippen LogP contribution is -1.98. The molecule has 0 unspecified atom stereocenters. The van der Waals surface area contributed by atoms with Gasteiger partial charge in [0.2, 0.25) is 0 Å². The van der Waals surface area contributed by atoms with E-state index in [1.54, 1.807) is 31.6 Å². The second kappa shape index (κ2) is 3.85. The molecule has 10 heavy (non-hydrogen) atoms. The van der Waals surface area contributed by atoms with Crippen molar-refractivity contribution in [1.82, 2.24) is 4.98 Å². The predicted octanol–water partition coefficient (Wildman–Crippen LogP) is 1.06. The summed E-state index contributed by atoms with van der Waals surface area (Å²) in [5.74, 6) is 0.775. The molecule has 54 valence electrons. The predicted molar refractivity (Wildman–Crippen MR) is 36.7 cm³/mol. The first kappa shape index (κ1) is 7.02. The molecule has 3 heteroatoms. The molecule has 3 nitrogen and oxygen atoms in total. The van der Waals surface area contributed by atoms with Gasteiger partial charge in [0.25, 0.3) is 0 Å². The van der Waals surface area contributed by atoms with E-state index in [1.807, 2.05) is 0 Å². The van der Waals surface area contributed by atoms with Crippen molar-refractivity contribution in [2.45, 2.75) is 0 Å². The molecule has 0 aromatic carbocycles. The Morgan fingerprint density at radius 2 is 2.10 bits per heavy atom. The minimum atomic E-state index is 0.282. The number of rotatable bonds is 3. The monoisotopic (exact) mass is 139 g/mol. The van der Waals surface area contributed by atoms with Crippen molar-refractivity contribution in [3.63, 3.8) is 0 Å². The average molecular weight is 139 g/mol. The molecule has 0 aliphatic heterocycles. The topological polar surface area (TPSA) is 31.4 Å². The van der Waals surface area contributed by atoms with E-state index >= 15 is 0 Å². The Hall–Kier alpha value is -1.09. The first-order valence-corrected chi connectivity index (χ1v) is 2.95. The molecule has 0 aliphatic rings. The fourth-order valence-electron chi connectivity index (χ4n) is 0.561. The van der Waals surface area contributed by atoms with Crippen LogP contribution >= 0.6 is 0 Å². The average Bonchev–Trinajstić information content (AvgIpc) is 2.03. The maximum atomic E-state index is 5.09. The van der Waals surface area contributed by atoms with E-state index in [0.717, 1.165) is 5.75 Å². The van der Waals surface area contributed by atoms with Gasteiger partial charge in [-0.25, -0.2) is 0 Å². The number of hydrogen-bond acceptors (Lipinski definition) is 3. The molecule has 0 fully saturated rings. The summed E-state index contributed by atoms with van der Waals surface area (Å²) in [6.45, 7) is 0.282. The van der Waals surface area contributed by atoms with E-state index < -0.39 is 0 Å². The van der Waals surface area contributed by atoms with Crippen LogP contribution in [-0.4, -0.2) is 18.9 Å². The Balaban J connectivity index is 2.43. The molecule has 0 saturated heterocycles. The summed E-state index contributed by atoms with van der Waals surface area (Å²) in [4.78, 5) is 3.83. The Labute approximate surface area is 59.6 Å². The molecule has 0 spiro atoms. The number of hydrogen-bond donors (Lipinski definition) is 0. The number of aromatic nitrogens is 1. The van der Waals surface area contributed by atoms with Crippen molar-refractivity contribution in [2.75, 3.05) is 13.9 Å². The van der Waals surface area contributed by atoms with Gasteiger partial charge in [-0.2, -0.15) is 0 Å². The highest BCUT2D eigenvalue weighted by Gasteiger charge is 1.87. The van der Waals surface area contributed by atoms with E-state index in [4.69, 9.17) is 9.47 Å². The van der Waals surface area contributed by atoms with Gasteiger partial charge in [-0.1, -0.05) is 0 Å². The first-order chi connectivity index (χ1) is 4.93. The van der Waals surface area contributed by atoms with Crippen molar-refractivity contribution in [3.05, 3.63) is 24.5 Å². The molecular formula is C7H9NO2. The van der Waals surface area contributed by atoms with Gasteiger partial charge in [-0.05, 0) is 12.1 Å². The Morgan fingerprint density at radius 1 is 1.40 bits per heavy atom. The van der Waals surface area contributed by atoms with Gasteiger partial charge in [0.15, 0.2) is 6.79 Å². The van der Waals surface area contributed by atoms with Gasteiger partial charge < -0.3 is 9.47 Å². The van der Waals surface area contributed by atoms with Crippen LogP contribution in [0.3, 0.4) is 0 Å². The Kier molecular flexibility index (Phi) is 2.70. The molecule has 0 amide bonds. The molecule has 1 heterocycles. The van der Waals surface area contributed by atoms with Crippen molar-refractivity contribution in [1.29, 1.82) is 0 Å². The lowest BCUT2D eigenvalue weighted by atomic mass is 10.5. The maximum absolute atomic E-state index is 5.09. The summed E-state index contributed by atoms with van der Waals surface area (Å²) in [7, 11) is 1.58. The van der Waals surface area contributed by atoms with Crippen LogP contribution in [0.15, 0.2) is 24.5 Å². The minimum absolute atomic E-state index is 0.282. The number of ether oxygens (including phenoxy) is 2. The van der Waals surface area contributed by atoms with Gasteiger partial charge in [0.05, 0.1) is 0 Å². The quantitative estimate of drug-likeness (QED) is 0.587. The maximum Gasteiger partial charge on any atom is 0.188 e. The zero-order valence-corrected chi connectivity index (χ0v) is 5.78. The highest BCUT2D eigenvalue weighted by molar-refractivity contribution is 5.16. The van der Waals surface area contributed by atoms with Crippen LogP contribution in [-0.2, 0) is 4.74 Å². The van der Waals surface area contributed by atoms with Crippen LogP contribution in [0.5, 0.6) is 5.75 Å². The molecule has 0 aliphatic carbocycles. The van der Waals surface area contributed by atoms with Crippen molar-refractivity contribution in [2.24, 2.45) is 0 Å². The highest BCUT2D eigenvalue weighted by Crippen LogP contribution is 2.05. The largest absolute Gasteiger partial charge is 0.467 e. The number of nitrogens with zero attached hydrogens (tertiary/aromatic N) is 1. The van der Waals surface area contributed by atoms with Gasteiger partial charge in [0.1, 0.15) is 5.75 Å². The minimum Gasteiger partial charge on any atom is -0.467 e. The van der Waals surface area contributed by atoms with Crippen LogP contribution in [0.2, 0.25) is 0 Å². The normalized spacial score (nSPS) is 9.30. The Bertz CT molecular complexity index is 176. The summed E-state index contributed by atoms with van der Waals surface area (Å²) in [6, 6.07) is 3.55. The van der Waals surface area contributed by atoms with E-state index in [1.165, 1.54) is 0 Å². The van der Waals surface area contributed by atoms with Crippen molar-refractivity contribution >= 4 is 0 Å². The third kappa shape index (κ3) is 2.03. The van der Waals surface area contributed by atoms with Gasteiger partial charge in [-0.3, -0.25) is 4.98 Å².